The number of aromatic nitrogens is 5. The fourth-order valence-electron chi connectivity index (χ4n) is 3.88. The number of hydrogen-bond acceptors (Lipinski definition) is 5. The van der Waals surface area contributed by atoms with Gasteiger partial charge in [-0.05, 0) is 48.7 Å². The highest BCUT2D eigenvalue weighted by Gasteiger charge is 2.28. The van der Waals surface area contributed by atoms with Crippen LogP contribution in [0.2, 0.25) is 0 Å². The largest absolute Gasteiger partial charge is 0.405 e. The van der Waals surface area contributed by atoms with E-state index in [1.165, 1.54) is 6.07 Å². The standard InChI is InChI=1S/C24H25F3N6O2/c1-14-10-17(4-6-18(14)23(34)28-13-24(25,26)27)22-30-21(33(32-22)8-9-35-3)11-16-5-7-20-19(15(16)2)12-29-31-20/h4-7,10,12H,8-9,11,13H2,1-3H3,(H,28,34)(H,29,31). The topological polar surface area (TPSA) is 97.7 Å². The quantitative estimate of drug-likeness (QED) is 0.393. The Labute approximate surface area is 199 Å². The van der Waals surface area contributed by atoms with E-state index in [0.29, 0.717) is 36.5 Å². The first-order valence-electron chi connectivity index (χ1n) is 11.0. The summed E-state index contributed by atoms with van der Waals surface area (Å²) in [5.41, 5.74) is 4.50. The van der Waals surface area contributed by atoms with Crippen molar-refractivity contribution < 1.29 is 22.7 Å². The number of amides is 1. The average Bonchev–Trinajstić information content (AvgIpc) is 3.45. The van der Waals surface area contributed by atoms with Gasteiger partial charge in [0.15, 0.2) is 5.82 Å². The van der Waals surface area contributed by atoms with Gasteiger partial charge in [-0.25, -0.2) is 9.67 Å². The number of alkyl halides is 3. The van der Waals surface area contributed by atoms with Crippen molar-refractivity contribution in [3.8, 4) is 11.4 Å². The Hall–Kier alpha value is -3.73. The SMILES string of the molecule is COCCn1nc(-c2ccc(C(=O)NCC(F)(F)F)c(C)c2)nc1Cc1ccc2[nH]ncc2c1C. The molecule has 0 aliphatic carbocycles. The number of halogens is 3. The van der Waals surface area contributed by atoms with Gasteiger partial charge in [0.05, 0.1) is 24.9 Å². The number of H-pyrrole nitrogens is 1. The normalized spacial score (nSPS) is 11.8. The van der Waals surface area contributed by atoms with Crippen molar-refractivity contribution in [2.75, 3.05) is 20.3 Å². The molecular formula is C24H25F3N6O2. The van der Waals surface area contributed by atoms with Gasteiger partial charge in [-0.2, -0.15) is 23.4 Å². The van der Waals surface area contributed by atoms with Gasteiger partial charge in [0.1, 0.15) is 12.4 Å². The molecule has 2 N–H and O–H groups in total. The second-order valence-electron chi connectivity index (χ2n) is 8.25. The summed E-state index contributed by atoms with van der Waals surface area (Å²) in [7, 11) is 1.61. The summed E-state index contributed by atoms with van der Waals surface area (Å²) in [6.45, 7) is 3.27. The van der Waals surface area contributed by atoms with Crippen molar-refractivity contribution in [3.63, 3.8) is 0 Å². The fraction of sp³-hybridized carbons (Fsp3) is 0.333. The van der Waals surface area contributed by atoms with Crippen molar-refractivity contribution in [1.82, 2.24) is 30.3 Å². The number of hydrogen-bond donors (Lipinski definition) is 2. The molecule has 0 atom stereocenters. The lowest BCUT2D eigenvalue weighted by Gasteiger charge is -2.10. The number of methoxy groups -OCH3 is 1. The number of benzene rings is 2. The van der Waals surface area contributed by atoms with Gasteiger partial charge < -0.3 is 10.1 Å². The fourth-order valence-corrected chi connectivity index (χ4v) is 3.88. The maximum Gasteiger partial charge on any atom is 0.405 e. The van der Waals surface area contributed by atoms with E-state index in [9.17, 15) is 18.0 Å². The minimum Gasteiger partial charge on any atom is -0.383 e. The zero-order valence-corrected chi connectivity index (χ0v) is 19.5. The smallest absolute Gasteiger partial charge is 0.383 e. The lowest BCUT2D eigenvalue weighted by molar-refractivity contribution is -0.123. The highest BCUT2D eigenvalue weighted by Crippen LogP contribution is 2.24. The van der Waals surface area contributed by atoms with E-state index >= 15 is 0 Å². The maximum atomic E-state index is 12.4. The summed E-state index contributed by atoms with van der Waals surface area (Å²) in [6.07, 6.45) is -2.13. The maximum absolute atomic E-state index is 12.4. The van der Waals surface area contributed by atoms with Gasteiger partial charge in [-0.1, -0.05) is 12.1 Å². The van der Waals surface area contributed by atoms with Gasteiger partial charge in [0.25, 0.3) is 5.91 Å². The lowest BCUT2D eigenvalue weighted by Crippen LogP contribution is -2.34. The third kappa shape index (κ3) is 5.51. The molecule has 0 fully saturated rings. The van der Waals surface area contributed by atoms with Crippen LogP contribution in [0, 0.1) is 13.8 Å². The second kappa shape index (κ2) is 9.87. The number of carbonyl (C=O) groups excluding carboxylic acids is 1. The van der Waals surface area contributed by atoms with E-state index in [4.69, 9.17) is 9.72 Å². The van der Waals surface area contributed by atoms with E-state index in [1.807, 2.05) is 24.4 Å². The van der Waals surface area contributed by atoms with E-state index < -0.39 is 18.6 Å². The number of aromatic amines is 1. The minimum atomic E-state index is -4.47. The molecule has 1 amide bonds. The molecule has 0 bridgehead atoms. The summed E-state index contributed by atoms with van der Waals surface area (Å²) in [4.78, 5) is 16.9. The number of fused-ring (bicyclic) bond motifs is 1. The molecule has 2 aromatic heterocycles. The second-order valence-corrected chi connectivity index (χ2v) is 8.25. The molecule has 35 heavy (non-hydrogen) atoms. The molecule has 0 saturated carbocycles. The van der Waals surface area contributed by atoms with Crippen molar-refractivity contribution in [1.29, 1.82) is 0 Å². The summed E-state index contributed by atoms with van der Waals surface area (Å²) >= 11 is 0. The predicted molar refractivity (Wildman–Crippen MR) is 124 cm³/mol. The Bertz CT molecular complexity index is 1360. The molecule has 0 saturated heterocycles. The Morgan fingerprint density at radius 1 is 1.20 bits per heavy atom. The summed E-state index contributed by atoms with van der Waals surface area (Å²) in [5, 5.41) is 14.6. The third-order valence-corrected chi connectivity index (χ3v) is 5.79. The van der Waals surface area contributed by atoms with Crippen LogP contribution in [0.4, 0.5) is 13.2 Å². The Balaban J connectivity index is 1.62. The van der Waals surface area contributed by atoms with Crippen LogP contribution < -0.4 is 5.32 Å². The minimum absolute atomic E-state index is 0.168. The summed E-state index contributed by atoms with van der Waals surface area (Å²) in [6, 6.07) is 8.84. The first-order valence-corrected chi connectivity index (χ1v) is 11.0. The van der Waals surface area contributed by atoms with E-state index in [1.54, 1.807) is 37.0 Å². The van der Waals surface area contributed by atoms with Gasteiger partial charge in [0, 0.05) is 30.0 Å². The van der Waals surface area contributed by atoms with Crippen LogP contribution in [-0.4, -0.2) is 57.3 Å². The number of ether oxygens (including phenoxy) is 1. The van der Waals surface area contributed by atoms with Crippen LogP contribution in [0.3, 0.4) is 0 Å². The monoisotopic (exact) mass is 486 g/mol. The predicted octanol–water partition coefficient (Wildman–Crippen LogP) is 3.97. The summed E-state index contributed by atoms with van der Waals surface area (Å²) in [5.74, 6) is 0.423. The number of nitrogens with one attached hydrogen (secondary N) is 2. The van der Waals surface area contributed by atoms with Crippen molar-refractivity contribution in [3.05, 3.63) is 64.6 Å². The highest BCUT2D eigenvalue weighted by atomic mass is 19.4. The molecule has 2 heterocycles. The zero-order valence-electron chi connectivity index (χ0n) is 19.5. The molecule has 0 aliphatic heterocycles. The number of nitrogens with zero attached hydrogens (tertiary/aromatic N) is 4. The van der Waals surface area contributed by atoms with Crippen LogP contribution in [0.25, 0.3) is 22.3 Å². The van der Waals surface area contributed by atoms with Gasteiger partial charge in [-0.3, -0.25) is 9.89 Å². The van der Waals surface area contributed by atoms with E-state index in [2.05, 4.69) is 15.3 Å². The molecule has 8 nitrogen and oxygen atoms in total. The molecule has 184 valence electrons. The molecule has 4 aromatic rings. The van der Waals surface area contributed by atoms with Crippen LogP contribution in [0.5, 0.6) is 0 Å². The molecular weight excluding hydrogens is 461 g/mol. The van der Waals surface area contributed by atoms with Gasteiger partial charge >= 0.3 is 6.18 Å². The van der Waals surface area contributed by atoms with E-state index in [-0.39, 0.29) is 5.56 Å². The van der Waals surface area contributed by atoms with Crippen LogP contribution in [-0.2, 0) is 17.7 Å². The van der Waals surface area contributed by atoms with Crippen LogP contribution in [0.15, 0.2) is 36.5 Å². The third-order valence-electron chi connectivity index (χ3n) is 5.79. The number of carbonyl (C=O) groups is 1. The Morgan fingerprint density at radius 2 is 2.00 bits per heavy atom. The molecule has 0 unspecified atom stereocenters. The molecule has 11 heteroatoms. The Morgan fingerprint density at radius 3 is 2.71 bits per heavy atom. The first-order chi connectivity index (χ1) is 16.7. The van der Waals surface area contributed by atoms with Crippen LogP contribution >= 0.6 is 0 Å². The molecule has 0 aliphatic rings. The van der Waals surface area contributed by atoms with Crippen molar-refractivity contribution in [2.24, 2.45) is 0 Å². The first kappa shape index (κ1) is 24.4. The molecule has 0 spiro atoms. The molecule has 2 aromatic carbocycles. The van der Waals surface area contributed by atoms with Crippen molar-refractivity contribution in [2.45, 2.75) is 33.0 Å². The van der Waals surface area contributed by atoms with Gasteiger partial charge in [0.2, 0.25) is 0 Å². The number of rotatable bonds is 8. The zero-order chi connectivity index (χ0) is 25.2. The van der Waals surface area contributed by atoms with Crippen LogP contribution in [0.1, 0.15) is 32.9 Å². The molecule has 4 rings (SSSR count). The molecule has 0 radical (unpaired) electrons. The summed E-state index contributed by atoms with van der Waals surface area (Å²) < 4.78 is 44.3. The highest BCUT2D eigenvalue weighted by molar-refractivity contribution is 5.96. The van der Waals surface area contributed by atoms with E-state index in [0.717, 1.165) is 27.9 Å². The van der Waals surface area contributed by atoms with Crippen molar-refractivity contribution >= 4 is 16.8 Å². The number of aryl methyl sites for hydroxylation is 2. The Kier molecular flexibility index (Phi) is 6.88. The lowest BCUT2D eigenvalue weighted by atomic mass is 10.0. The van der Waals surface area contributed by atoms with Gasteiger partial charge in [-0.15, -0.1) is 0 Å². The average molecular weight is 486 g/mol.